The Hall–Kier alpha value is -2.78. The average Bonchev–Trinajstić information content (AvgIpc) is 2.65. The Morgan fingerprint density at radius 2 is 1.41 bits per heavy atom. The lowest BCUT2D eigenvalue weighted by Crippen LogP contribution is -2.13. The van der Waals surface area contributed by atoms with Crippen LogP contribution in [0.15, 0.2) is 24.3 Å². The van der Waals surface area contributed by atoms with Gasteiger partial charge >= 0.3 is 23.9 Å². The second-order valence-electron chi connectivity index (χ2n) is 5.41. The molecule has 0 aliphatic heterocycles. The minimum atomic E-state index is -1.12. The summed E-state index contributed by atoms with van der Waals surface area (Å²) in [5.41, 5.74) is 0.0880. The number of benzene rings is 1. The quantitative estimate of drug-likeness (QED) is 0.310. The van der Waals surface area contributed by atoms with Crippen LogP contribution in [0.25, 0.3) is 0 Å². The molecule has 0 aliphatic rings. The fourth-order valence-electron chi connectivity index (χ4n) is 1.95. The van der Waals surface area contributed by atoms with Crippen molar-refractivity contribution in [3.05, 3.63) is 35.4 Å². The summed E-state index contributed by atoms with van der Waals surface area (Å²) in [6, 6.07) is 5.01. The topological polar surface area (TPSA) is 136 Å². The van der Waals surface area contributed by atoms with E-state index in [-0.39, 0.29) is 50.4 Å². The van der Waals surface area contributed by atoms with Crippen LogP contribution in [0.2, 0.25) is 0 Å². The largest absolute Gasteiger partial charge is 0.478 e. The Balaban J connectivity index is 2.18. The maximum Gasteiger partial charge on any atom is 0.345 e. The van der Waals surface area contributed by atoms with Gasteiger partial charge < -0.3 is 24.4 Å². The Morgan fingerprint density at radius 1 is 0.815 bits per heavy atom. The number of esters is 3. The molecule has 1 aromatic carbocycles. The van der Waals surface area contributed by atoms with Gasteiger partial charge in [0.2, 0.25) is 0 Å². The molecule has 0 radical (unpaired) electrons. The molecule has 2 N–H and O–H groups in total. The molecule has 0 saturated heterocycles. The molecule has 0 amide bonds. The number of unbranched alkanes of at least 4 members (excludes halogenated alkanes) is 1. The second kappa shape index (κ2) is 12.6. The first-order valence-electron chi connectivity index (χ1n) is 8.36. The third kappa shape index (κ3) is 9.47. The number of aliphatic hydroxyl groups excluding tert-OH is 1. The third-order valence-corrected chi connectivity index (χ3v) is 3.31. The molecule has 148 valence electrons. The van der Waals surface area contributed by atoms with Crippen molar-refractivity contribution in [2.45, 2.75) is 25.7 Å². The molecule has 0 heterocycles. The molecule has 0 bridgehead atoms. The van der Waals surface area contributed by atoms with Gasteiger partial charge in [-0.15, -0.1) is 0 Å². The molecule has 0 spiro atoms. The van der Waals surface area contributed by atoms with Crippen LogP contribution in [-0.2, 0) is 23.8 Å². The maximum absolute atomic E-state index is 11.8. The maximum atomic E-state index is 11.8. The number of carboxylic acid groups (broad SMARTS) is 1. The van der Waals surface area contributed by atoms with E-state index in [4.69, 9.17) is 19.7 Å². The number of ether oxygens (including phenoxy) is 3. The summed E-state index contributed by atoms with van der Waals surface area (Å²) in [7, 11) is 0. The lowest BCUT2D eigenvalue weighted by Gasteiger charge is -2.05. The Bertz CT molecular complexity index is 637. The van der Waals surface area contributed by atoms with Crippen molar-refractivity contribution >= 4 is 23.9 Å². The summed E-state index contributed by atoms with van der Waals surface area (Å²) in [6.07, 6.45) is 0.830. The molecule has 0 atom stereocenters. The first-order valence-corrected chi connectivity index (χ1v) is 8.36. The molecule has 9 heteroatoms. The highest BCUT2D eigenvalue weighted by Crippen LogP contribution is 2.08. The number of aromatic carboxylic acids is 1. The van der Waals surface area contributed by atoms with Crippen molar-refractivity contribution in [3.63, 3.8) is 0 Å². The van der Waals surface area contributed by atoms with E-state index >= 15 is 0 Å². The third-order valence-electron chi connectivity index (χ3n) is 3.31. The molecule has 0 fully saturated rings. The average molecular weight is 382 g/mol. The van der Waals surface area contributed by atoms with Gasteiger partial charge in [-0.3, -0.25) is 9.59 Å². The van der Waals surface area contributed by atoms with Crippen molar-refractivity contribution in [1.82, 2.24) is 0 Å². The van der Waals surface area contributed by atoms with E-state index in [1.54, 1.807) is 0 Å². The van der Waals surface area contributed by atoms with Crippen molar-refractivity contribution in [3.8, 4) is 0 Å². The zero-order valence-electron chi connectivity index (χ0n) is 14.7. The van der Waals surface area contributed by atoms with Crippen molar-refractivity contribution < 1.29 is 43.6 Å². The summed E-state index contributed by atoms with van der Waals surface area (Å²) in [5, 5.41) is 17.3. The van der Waals surface area contributed by atoms with E-state index in [1.165, 1.54) is 24.3 Å². The summed E-state index contributed by atoms with van der Waals surface area (Å²) in [5.74, 6) is -3.14. The number of carbonyl (C=O) groups is 4. The molecule has 0 aliphatic carbocycles. The molecule has 0 saturated carbocycles. The summed E-state index contributed by atoms with van der Waals surface area (Å²) >= 11 is 0. The second-order valence-corrected chi connectivity index (χ2v) is 5.41. The van der Waals surface area contributed by atoms with E-state index in [0.717, 1.165) is 0 Å². The van der Waals surface area contributed by atoms with Gasteiger partial charge in [0, 0.05) is 12.8 Å². The smallest absolute Gasteiger partial charge is 0.345 e. The monoisotopic (exact) mass is 382 g/mol. The predicted octanol–water partition coefficient (Wildman–Crippen LogP) is 1.18. The van der Waals surface area contributed by atoms with Crippen LogP contribution in [0, 0.1) is 0 Å². The molecule has 27 heavy (non-hydrogen) atoms. The highest BCUT2D eigenvalue weighted by Gasteiger charge is 2.14. The molecule has 1 rings (SSSR count). The minimum Gasteiger partial charge on any atom is -0.478 e. The Labute approximate surface area is 155 Å². The SMILES string of the molecule is O=C(CCCCC(=O)OC(=O)c1ccc(C(=O)O)cc1)OCCOCCO. The first-order chi connectivity index (χ1) is 12.9. The summed E-state index contributed by atoms with van der Waals surface area (Å²) < 4.78 is 14.5. The number of carboxylic acids is 1. The fraction of sp³-hybridized carbons (Fsp3) is 0.444. The molecule has 9 nitrogen and oxygen atoms in total. The normalized spacial score (nSPS) is 10.3. The molecular formula is C18H22O9. The van der Waals surface area contributed by atoms with Crippen molar-refractivity contribution in [2.75, 3.05) is 26.4 Å². The van der Waals surface area contributed by atoms with Gasteiger partial charge in [-0.25, -0.2) is 9.59 Å². The van der Waals surface area contributed by atoms with E-state index in [0.29, 0.717) is 12.8 Å². The summed E-state index contributed by atoms with van der Waals surface area (Å²) in [6.45, 7) is 0.381. The van der Waals surface area contributed by atoms with Gasteiger partial charge in [-0.1, -0.05) is 0 Å². The van der Waals surface area contributed by atoms with Crippen LogP contribution >= 0.6 is 0 Å². The predicted molar refractivity (Wildman–Crippen MR) is 91.2 cm³/mol. The minimum absolute atomic E-state index is 0.0183. The number of carbonyl (C=O) groups excluding carboxylic acids is 3. The van der Waals surface area contributed by atoms with Gasteiger partial charge in [0.15, 0.2) is 0 Å². The van der Waals surface area contributed by atoms with Gasteiger partial charge in [0.1, 0.15) is 6.61 Å². The van der Waals surface area contributed by atoms with Crippen LogP contribution in [0.1, 0.15) is 46.4 Å². The number of rotatable bonds is 12. The van der Waals surface area contributed by atoms with Crippen LogP contribution < -0.4 is 0 Å². The molecule has 1 aromatic rings. The van der Waals surface area contributed by atoms with Crippen molar-refractivity contribution in [1.29, 1.82) is 0 Å². The Kier molecular flexibility index (Phi) is 10.4. The lowest BCUT2D eigenvalue weighted by molar-refractivity contribution is -0.146. The number of hydrogen-bond acceptors (Lipinski definition) is 8. The zero-order valence-corrected chi connectivity index (χ0v) is 14.7. The van der Waals surface area contributed by atoms with Crippen LogP contribution in [-0.4, -0.2) is 60.5 Å². The summed E-state index contributed by atoms with van der Waals surface area (Å²) in [4.78, 5) is 45.6. The number of aliphatic hydroxyl groups is 1. The van der Waals surface area contributed by atoms with Crippen LogP contribution in [0.5, 0.6) is 0 Å². The van der Waals surface area contributed by atoms with E-state index < -0.39 is 23.9 Å². The van der Waals surface area contributed by atoms with Gasteiger partial charge in [-0.05, 0) is 37.1 Å². The zero-order chi connectivity index (χ0) is 20.1. The Morgan fingerprint density at radius 3 is 2.00 bits per heavy atom. The first kappa shape index (κ1) is 22.3. The molecule has 0 aromatic heterocycles. The van der Waals surface area contributed by atoms with E-state index in [2.05, 4.69) is 4.74 Å². The lowest BCUT2D eigenvalue weighted by atomic mass is 10.1. The van der Waals surface area contributed by atoms with Crippen molar-refractivity contribution in [2.24, 2.45) is 0 Å². The standard InChI is InChI=1S/C18H22O9/c19-9-10-25-11-12-26-15(20)3-1-2-4-16(21)27-18(24)14-7-5-13(6-8-14)17(22)23/h5-8,19H,1-4,9-12H2,(H,22,23). The van der Waals surface area contributed by atoms with Crippen LogP contribution in [0.3, 0.4) is 0 Å². The fourth-order valence-corrected chi connectivity index (χ4v) is 1.95. The number of hydrogen-bond donors (Lipinski definition) is 2. The highest BCUT2D eigenvalue weighted by molar-refractivity contribution is 5.97. The van der Waals surface area contributed by atoms with Gasteiger partial charge in [0.25, 0.3) is 0 Å². The van der Waals surface area contributed by atoms with Crippen LogP contribution in [0.4, 0.5) is 0 Å². The van der Waals surface area contributed by atoms with E-state index in [9.17, 15) is 19.2 Å². The van der Waals surface area contributed by atoms with Gasteiger partial charge in [0.05, 0.1) is 30.9 Å². The molecular weight excluding hydrogens is 360 g/mol. The van der Waals surface area contributed by atoms with E-state index in [1.807, 2.05) is 0 Å². The highest BCUT2D eigenvalue weighted by atomic mass is 16.6. The molecule has 0 unspecified atom stereocenters. The van der Waals surface area contributed by atoms with Gasteiger partial charge in [-0.2, -0.15) is 0 Å².